The number of likely N-dealkylation sites (tertiary alicyclic amines) is 1. The molecule has 3 atom stereocenters. The molecule has 1 saturated carbocycles. The number of fused-ring (bicyclic) bond motifs is 2. The number of nitrogens with zero attached hydrogens (tertiary/aromatic N) is 4. The first-order chi connectivity index (χ1) is 16.5. The van der Waals surface area contributed by atoms with Gasteiger partial charge in [0.15, 0.2) is 11.6 Å². The predicted octanol–water partition coefficient (Wildman–Crippen LogP) is 4.14. The molecule has 0 aromatic carbocycles. The van der Waals surface area contributed by atoms with Crippen LogP contribution >= 0.6 is 0 Å². The van der Waals surface area contributed by atoms with Crippen LogP contribution in [-0.4, -0.2) is 73.0 Å². The van der Waals surface area contributed by atoms with E-state index in [0.717, 1.165) is 61.9 Å². The van der Waals surface area contributed by atoms with Gasteiger partial charge in [0.1, 0.15) is 0 Å². The lowest BCUT2D eigenvalue weighted by atomic mass is 9.91. The van der Waals surface area contributed by atoms with Crippen molar-refractivity contribution in [3.63, 3.8) is 0 Å². The molecule has 1 aromatic heterocycles. The van der Waals surface area contributed by atoms with Crippen molar-refractivity contribution in [3.8, 4) is 0 Å². The smallest absolute Gasteiger partial charge is 0.251 e. The Morgan fingerprint density at radius 1 is 0.941 bits per heavy atom. The number of nitrogens with one attached hydrogen (secondary N) is 1. The molecular formula is C26H39F2N5O. The van der Waals surface area contributed by atoms with Crippen LogP contribution in [0.3, 0.4) is 0 Å². The zero-order valence-corrected chi connectivity index (χ0v) is 20.3. The number of rotatable bonds is 5. The minimum Gasteiger partial charge on any atom is -0.381 e. The molecule has 0 amide bonds. The van der Waals surface area contributed by atoms with Gasteiger partial charge < -0.3 is 19.9 Å². The molecule has 0 bridgehead atoms. The van der Waals surface area contributed by atoms with Crippen LogP contribution in [0.25, 0.3) is 0 Å². The summed E-state index contributed by atoms with van der Waals surface area (Å²) in [6.45, 7) is 6.34. The van der Waals surface area contributed by atoms with E-state index in [2.05, 4.69) is 20.4 Å². The third-order valence-electron chi connectivity index (χ3n) is 9.09. The van der Waals surface area contributed by atoms with Crippen molar-refractivity contribution in [3.05, 3.63) is 11.1 Å². The Kier molecular flexibility index (Phi) is 6.39. The van der Waals surface area contributed by atoms with Gasteiger partial charge in [0.2, 0.25) is 0 Å². The van der Waals surface area contributed by atoms with Crippen LogP contribution in [0.2, 0.25) is 0 Å². The molecule has 1 N–H and O–H groups in total. The van der Waals surface area contributed by atoms with E-state index in [9.17, 15) is 8.78 Å². The Hall–Kier alpha value is -1.54. The molecule has 4 fully saturated rings. The number of anilines is 2. The van der Waals surface area contributed by atoms with Crippen LogP contribution in [0, 0.1) is 17.8 Å². The molecule has 6 nitrogen and oxygen atoms in total. The second-order valence-corrected chi connectivity index (χ2v) is 11.5. The average molecular weight is 476 g/mol. The van der Waals surface area contributed by atoms with E-state index in [1.165, 1.54) is 62.9 Å². The molecular weight excluding hydrogens is 436 g/mol. The van der Waals surface area contributed by atoms with Crippen LogP contribution in [-0.2, 0) is 17.6 Å². The molecule has 2 aliphatic carbocycles. The molecule has 6 rings (SSSR count). The van der Waals surface area contributed by atoms with E-state index in [1.807, 2.05) is 4.90 Å². The highest BCUT2D eigenvalue weighted by Gasteiger charge is 2.42. The van der Waals surface area contributed by atoms with Crippen LogP contribution in [0.4, 0.5) is 20.4 Å². The standard InChI is InChI=1S/C26H39F2N5O/c27-26(28)7-9-33(10-8-26)25-23-4-2-1-3-22(23)24(30-31-25)29-21-13-19-16-32(17-20(19)14-21)15-18-5-11-34-12-6-18/h18-21H,1-17H2,(H,29,30)/t19-,20+,21?. The highest BCUT2D eigenvalue weighted by molar-refractivity contribution is 5.59. The Morgan fingerprint density at radius 3 is 2.32 bits per heavy atom. The predicted molar refractivity (Wildman–Crippen MR) is 129 cm³/mol. The summed E-state index contributed by atoms with van der Waals surface area (Å²) < 4.78 is 32.9. The largest absolute Gasteiger partial charge is 0.381 e. The summed E-state index contributed by atoms with van der Waals surface area (Å²) in [6.07, 6.45) is 9.02. The molecule has 1 aromatic rings. The summed E-state index contributed by atoms with van der Waals surface area (Å²) >= 11 is 0. The average Bonchev–Trinajstić information content (AvgIpc) is 3.38. The fraction of sp³-hybridized carbons (Fsp3) is 0.846. The maximum absolute atomic E-state index is 13.7. The van der Waals surface area contributed by atoms with Gasteiger partial charge in [0.05, 0.1) is 0 Å². The quantitative estimate of drug-likeness (QED) is 0.691. The lowest BCUT2D eigenvalue weighted by molar-refractivity contribution is -0.0222. The molecule has 1 unspecified atom stereocenters. The van der Waals surface area contributed by atoms with Crippen LogP contribution in [0.1, 0.15) is 62.5 Å². The summed E-state index contributed by atoms with van der Waals surface area (Å²) in [4.78, 5) is 4.76. The monoisotopic (exact) mass is 475 g/mol. The summed E-state index contributed by atoms with van der Waals surface area (Å²) in [7, 11) is 0. The van der Waals surface area contributed by atoms with Gasteiger partial charge in [-0.15, -0.1) is 10.2 Å². The topological polar surface area (TPSA) is 53.5 Å². The molecule has 3 saturated heterocycles. The highest BCUT2D eigenvalue weighted by atomic mass is 19.3. The van der Waals surface area contributed by atoms with Gasteiger partial charge in [0, 0.05) is 75.9 Å². The summed E-state index contributed by atoms with van der Waals surface area (Å²) in [5.74, 6) is 1.68. The van der Waals surface area contributed by atoms with E-state index < -0.39 is 5.92 Å². The maximum Gasteiger partial charge on any atom is 0.251 e. The number of halogens is 2. The molecule has 3 aliphatic heterocycles. The van der Waals surface area contributed by atoms with Gasteiger partial charge in [0.25, 0.3) is 5.92 Å². The van der Waals surface area contributed by atoms with Crippen LogP contribution in [0.5, 0.6) is 0 Å². The van der Waals surface area contributed by atoms with Gasteiger partial charge in [-0.25, -0.2) is 8.78 Å². The SMILES string of the molecule is FC1(F)CCN(c2nnc(NC3C[C@@H]4CN(CC5CCOCC5)C[C@@H]4C3)c3c2CCCC3)CC1. The number of piperidine rings is 1. The van der Waals surface area contributed by atoms with Crippen molar-refractivity contribution < 1.29 is 13.5 Å². The number of ether oxygens (including phenoxy) is 1. The van der Waals surface area contributed by atoms with E-state index in [-0.39, 0.29) is 12.8 Å². The molecule has 34 heavy (non-hydrogen) atoms. The summed E-state index contributed by atoms with van der Waals surface area (Å²) in [6, 6.07) is 0.472. The van der Waals surface area contributed by atoms with E-state index >= 15 is 0 Å². The highest BCUT2D eigenvalue weighted by Crippen LogP contribution is 2.41. The van der Waals surface area contributed by atoms with E-state index in [1.54, 1.807) is 0 Å². The van der Waals surface area contributed by atoms with Crippen molar-refractivity contribution in [1.29, 1.82) is 0 Å². The van der Waals surface area contributed by atoms with Crippen molar-refractivity contribution >= 4 is 11.6 Å². The molecule has 0 spiro atoms. The summed E-state index contributed by atoms with van der Waals surface area (Å²) in [5.41, 5.74) is 2.56. The first kappa shape index (κ1) is 22.9. The van der Waals surface area contributed by atoms with Gasteiger partial charge in [-0.3, -0.25) is 0 Å². The van der Waals surface area contributed by atoms with E-state index in [4.69, 9.17) is 4.74 Å². The van der Waals surface area contributed by atoms with Gasteiger partial charge in [-0.2, -0.15) is 0 Å². The summed E-state index contributed by atoms with van der Waals surface area (Å²) in [5, 5.41) is 13.0. The molecule has 188 valence electrons. The number of aromatic nitrogens is 2. The normalized spacial score (nSPS) is 31.9. The first-order valence-corrected chi connectivity index (χ1v) is 13.6. The Balaban J connectivity index is 1.09. The second-order valence-electron chi connectivity index (χ2n) is 11.5. The Labute approximate surface area is 201 Å². The van der Waals surface area contributed by atoms with Crippen molar-refractivity contribution in [1.82, 2.24) is 15.1 Å². The Bertz CT molecular complexity index is 853. The van der Waals surface area contributed by atoms with Gasteiger partial charge in [-0.05, 0) is 69.1 Å². The fourth-order valence-corrected chi connectivity index (χ4v) is 7.20. The number of alkyl halides is 2. The first-order valence-electron chi connectivity index (χ1n) is 13.6. The lowest BCUT2D eigenvalue weighted by Crippen LogP contribution is -2.40. The number of hydrogen-bond acceptors (Lipinski definition) is 6. The van der Waals surface area contributed by atoms with Crippen LogP contribution < -0.4 is 10.2 Å². The van der Waals surface area contributed by atoms with Crippen LogP contribution in [0.15, 0.2) is 0 Å². The third kappa shape index (κ3) is 4.77. The minimum atomic E-state index is -2.54. The fourth-order valence-electron chi connectivity index (χ4n) is 7.20. The van der Waals surface area contributed by atoms with Crippen molar-refractivity contribution in [2.45, 2.75) is 76.2 Å². The molecule has 8 heteroatoms. The molecule has 4 heterocycles. The second kappa shape index (κ2) is 9.49. The zero-order chi connectivity index (χ0) is 23.1. The molecule has 5 aliphatic rings. The number of hydrogen-bond donors (Lipinski definition) is 1. The maximum atomic E-state index is 13.7. The third-order valence-corrected chi connectivity index (χ3v) is 9.09. The minimum absolute atomic E-state index is 0.0835. The van der Waals surface area contributed by atoms with Gasteiger partial charge in [-0.1, -0.05) is 0 Å². The van der Waals surface area contributed by atoms with Gasteiger partial charge >= 0.3 is 0 Å². The zero-order valence-electron chi connectivity index (χ0n) is 20.3. The van der Waals surface area contributed by atoms with E-state index in [0.29, 0.717) is 19.1 Å². The Morgan fingerprint density at radius 2 is 1.62 bits per heavy atom. The molecule has 0 radical (unpaired) electrons. The van der Waals surface area contributed by atoms with Crippen molar-refractivity contribution in [2.75, 3.05) is 56.2 Å². The lowest BCUT2D eigenvalue weighted by Gasteiger charge is -2.35. The van der Waals surface area contributed by atoms with Crippen molar-refractivity contribution in [2.24, 2.45) is 17.8 Å².